The summed E-state index contributed by atoms with van der Waals surface area (Å²) in [5.41, 5.74) is 1.09. The topological polar surface area (TPSA) is 45.2 Å². The van der Waals surface area contributed by atoms with Crippen LogP contribution in [0.1, 0.15) is 35.9 Å². The second-order valence-electron chi connectivity index (χ2n) is 5.68. The lowest BCUT2D eigenvalue weighted by Gasteiger charge is -2.33. The molecule has 1 aliphatic rings. The number of nitrogens with zero attached hydrogens (tertiary/aromatic N) is 2. The third-order valence-corrected chi connectivity index (χ3v) is 5.85. The Morgan fingerprint density at radius 3 is 3.18 bits per heavy atom. The van der Waals surface area contributed by atoms with E-state index in [0.717, 1.165) is 23.7 Å². The molecule has 1 saturated heterocycles. The van der Waals surface area contributed by atoms with E-state index >= 15 is 0 Å². The number of amides is 1. The zero-order valence-corrected chi connectivity index (χ0v) is 14.4. The van der Waals surface area contributed by atoms with Crippen LogP contribution in [0.3, 0.4) is 0 Å². The second kappa shape index (κ2) is 7.35. The third-order valence-electron chi connectivity index (χ3n) is 4.12. The summed E-state index contributed by atoms with van der Waals surface area (Å²) >= 11 is 3.10. The Balaban J connectivity index is 1.50. The predicted octanol–water partition coefficient (Wildman–Crippen LogP) is 3.48. The van der Waals surface area contributed by atoms with Crippen LogP contribution in [-0.4, -0.2) is 41.5 Å². The highest BCUT2D eigenvalue weighted by Gasteiger charge is 2.18. The smallest absolute Gasteiger partial charge is 0.263 e. The number of thiophene rings is 1. The van der Waals surface area contributed by atoms with Crippen molar-refractivity contribution in [1.82, 2.24) is 15.2 Å². The molecule has 0 saturated carbocycles. The molecular formula is C16H21N3OS2. The molecular weight excluding hydrogens is 314 g/mol. The van der Waals surface area contributed by atoms with E-state index in [0.29, 0.717) is 17.5 Å². The highest BCUT2D eigenvalue weighted by molar-refractivity contribution is 7.17. The largest absolute Gasteiger partial charge is 0.350 e. The van der Waals surface area contributed by atoms with Gasteiger partial charge in [0, 0.05) is 30.1 Å². The minimum atomic E-state index is -0.0105. The Bertz CT molecular complexity index is 609. The molecule has 0 radical (unpaired) electrons. The van der Waals surface area contributed by atoms with Crippen molar-refractivity contribution < 1.29 is 4.79 Å². The van der Waals surface area contributed by atoms with E-state index in [2.05, 4.69) is 27.5 Å². The number of carbonyl (C=O) groups is 1. The SMILES string of the molecule is C[C@@H]1CCCCN1CCNC(=O)c1cnc(-c2ccsc2)s1. The lowest BCUT2D eigenvalue weighted by molar-refractivity contribution is 0.0942. The minimum absolute atomic E-state index is 0.0105. The molecule has 1 fully saturated rings. The third kappa shape index (κ3) is 3.74. The fourth-order valence-electron chi connectivity index (χ4n) is 2.79. The zero-order valence-electron chi connectivity index (χ0n) is 12.7. The molecule has 0 aromatic carbocycles. The molecule has 1 aliphatic heterocycles. The van der Waals surface area contributed by atoms with E-state index in [-0.39, 0.29) is 5.91 Å². The molecule has 1 N–H and O–H groups in total. The maximum absolute atomic E-state index is 12.2. The van der Waals surface area contributed by atoms with E-state index in [4.69, 9.17) is 0 Å². The lowest BCUT2D eigenvalue weighted by atomic mass is 10.0. The monoisotopic (exact) mass is 335 g/mol. The molecule has 1 atom stereocenters. The molecule has 0 aliphatic carbocycles. The van der Waals surface area contributed by atoms with Crippen molar-refractivity contribution in [3.63, 3.8) is 0 Å². The van der Waals surface area contributed by atoms with Gasteiger partial charge in [0.05, 0.1) is 6.20 Å². The van der Waals surface area contributed by atoms with Gasteiger partial charge in [-0.1, -0.05) is 6.42 Å². The quantitative estimate of drug-likeness (QED) is 0.910. The van der Waals surface area contributed by atoms with E-state index in [1.165, 1.54) is 30.6 Å². The molecule has 118 valence electrons. The molecule has 4 nitrogen and oxygen atoms in total. The standard InChI is InChI=1S/C16H21N3OS2/c1-12-4-2-3-7-19(12)8-6-17-15(20)14-10-18-16(22-14)13-5-9-21-11-13/h5,9-12H,2-4,6-8H2,1H3,(H,17,20)/t12-/m1/s1. The molecule has 0 spiro atoms. The fourth-order valence-corrected chi connectivity index (χ4v) is 4.33. The van der Waals surface area contributed by atoms with Crippen molar-refractivity contribution in [2.75, 3.05) is 19.6 Å². The first-order valence-corrected chi connectivity index (χ1v) is 9.50. The van der Waals surface area contributed by atoms with Gasteiger partial charge in [-0.15, -0.1) is 11.3 Å². The van der Waals surface area contributed by atoms with E-state index in [1.54, 1.807) is 17.5 Å². The van der Waals surface area contributed by atoms with Crippen LogP contribution in [0.25, 0.3) is 10.6 Å². The number of hydrogen-bond acceptors (Lipinski definition) is 5. The van der Waals surface area contributed by atoms with Crippen LogP contribution < -0.4 is 5.32 Å². The number of thiazole rings is 1. The number of nitrogens with one attached hydrogen (secondary N) is 1. The highest BCUT2D eigenvalue weighted by Crippen LogP contribution is 2.26. The van der Waals surface area contributed by atoms with Crippen molar-refractivity contribution >= 4 is 28.6 Å². The first kappa shape index (κ1) is 15.6. The number of likely N-dealkylation sites (tertiary alicyclic amines) is 1. The van der Waals surface area contributed by atoms with Gasteiger partial charge in [0.15, 0.2) is 0 Å². The van der Waals surface area contributed by atoms with Gasteiger partial charge in [-0.3, -0.25) is 9.69 Å². The summed E-state index contributed by atoms with van der Waals surface area (Å²) < 4.78 is 0. The van der Waals surface area contributed by atoms with Crippen LogP contribution in [-0.2, 0) is 0 Å². The van der Waals surface area contributed by atoms with E-state index in [1.807, 2.05) is 11.4 Å². The van der Waals surface area contributed by atoms with E-state index in [9.17, 15) is 4.79 Å². The van der Waals surface area contributed by atoms with Gasteiger partial charge in [-0.05, 0) is 37.8 Å². The highest BCUT2D eigenvalue weighted by atomic mass is 32.1. The Morgan fingerprint density at radius 2 is 2.41 bits per heavy atom. The summed E-state index contributed by atoms with van der Waals surface area (Å²) in [5.74, 6) is -0.0105. The van der Waals surface area contributed by atoms with Gasteiger partial charge in [0.1, 0.15) is 9.88 Å². The van der Waals surface area contributed by atoms with Crippen LogP contribution >= 0.6 is 22.7 Å². The van der Waals surface area contributed by atoms with Crippen molar-refractivity contribution in [2.24, 2.45) is 0 Å². The second-order valence-corrected chi connectivity index (χ2v) is 7.49. The molecule has 6 heteroatoms. The molecule has 3 rings (SSSR count). The normalized spacial score (nSPS) is 19.2. The Hall–Kier alpha value is -1.24. The molecule has 1 amide bonds. The average molecular weight is 335 g/mol. The average Bonchev–Trinajstić information content (AvgIpc) is 3.20. The van der Waals surface area contributed by atoms with Crippen LogP contribution in [0.5, 0.6) is 0 Å². The minimum Gasteiger partial charge on any atom is -0.350 e. The Morgan fingerprint density at radius 1 is 1.50 bits per heavy atom. The summed E-state index contributed by atoms with van der Waals surface area (Å²) in [6, 6.07) is 2.67. The number of carbonyl (C=O) groups excluding carboxylic acids is 1. The van der Waals surface area contributed by atoms with E-state index < -0.39 is 0 Å². The van der Waals surface area contributed by atoms with Gasteiger partial charge in [0.25, 0.3) is 5.91 Å². The first-order valence-electron chi connectivity index (χ1n) is 7.74. The molecule has 22 heavy (non-hydrogen) atoms. The Labute approximate surface area is 139 Å². The number of rotatable bonds is 5. The fraction of sp³-hybridized carbons (Fsp3) is 0.500. The molecule has 2 aromatic rings. The summed E-state index contributed by atoms with van der Waals surface area (Å²) in [7, 11) is 0. The summed E-state index contributed by atoms with van der Waals surface area (Å²) in [5, 5.41) is 8.01. The molecule has 0 unspecified atom stereocenters. The summed E-state index contributed by atoms with van der Waals surface area (Å²) in [6.07, 6.45) is 5.55. The van der Waals surface area contributed by atoms with Gasteiger partial charge in [-0.25, -0.2) is 4.98 Å². The number of hydrogen-bond donors (Lipinski definition) is 1. The predicted molar refractivity (Wildman–Crippen MR) is 92.6 cm³/mol. The summed E-state index contributed by atoms with van der Waals surface area (Å²) in [6.45, 7) is 5.06. The van der Waals surface area contributed by atoms with Gasteiger partial charge < -0.3 is 5.32 Å². The van der Waals surface area contributed by atoms with Crippen molar-refractivity contribution in [3.8, 4) is 10.6 Å². The number of aromatic nitrogens is 1. The zero-order chi connectivity index (χ0) is 15.4. The van der Waals surface area contributed by atoms with Crippen LogP contribution in [0.15, 0.2) is 23.0 Å². The van der Waals surface area contributed by atoms with Crippen molar-refractivity contribution in [3.05, 3.63) is 27.9 Å². The van der Waals surface area contributed by atoms with Crippen LogP contribution in [0, 0.1) is 0 Å². The first-order chi connectivity index (χ1) is 10.7. The molecule has 0 bridgehead atoms. The van der Waals surface area contributed by atoms with Crippen LogP contribution in [0.4, 0.5) is 0 Å². The van der Waals surface area contributed by atoms with Crippen molar-refractivity contribution in [2.45, 2.75) is 32.2 Å². The van der Waals surface area contributed by atoms with Crippen LogP contribution in [0.2, 0.25) is 0 Å². The molecule has 3 heterocycles. The number of piperidine rings is 1. The maximum atomic E-state index is 12.2. The Kier molecular flexibility index (Phi) is 5.23. The summed E-state index contributed by atoms with van der Waals surface area (Å²) in [4.78, 5) is 19.7. The van der Waals surface area contributed by atoms with Gasteiger partial charge in [-0.2, -0.15) is 11.3 Å². The van der Waals surface area contributed by atoms with Gasteiger partial charge in [0.2, 0.25) is 0 Å². The lowest BCUT2D eigenvalue weighted by Crippen LogP contribution is -2.42. The van der Waals surface area contributed by atoms with Gasteiger partial charge >= 0.3 is 0 Å². The van der Waals surface area contributed by atoms with Crippen molar-refractivity contribution in [1.29, 1.82) is 0 Å². The molecule has 2 aromatic heterocycles. The maximum Gasteiger partial charge on any atom is 0.263 e.